The average Bonchev–Trinajstić information content (AvgIpc) is 3.18. The lowest BCUT2D eigenvalue weighted by Crippen LogP contribution is -2.30. The number of aromatic amines is 1. The zero-order valence-corrected chi connectivity index (χ0v) is 17.9. The number of carbonyl (C=O) groups excluding carboxylic acids is 1. The number of imidazole rings is 1. The zero-order chi connectivity index (χ0) is 22.0. The summed E-state index contributed by atoms with van der Waals surface area (Å²) in [6.07, 6.45) is 1.52. The van der Waals surface area contributed by atoms with Crippen LogP contribution in [0.25, 0.3) is 22.0 Å². The number of para-hydroxylation sites is 2. The molecule has 2 aromatic heterocycles. The van der Waals surface area contributed by atoms with Crippen LogP contribution in [0.15, 0.2) is 45.6 Å². The second-order valence-electron chi connectivity index (χ2n) is 7.65. The summed E-state index contributed by atoms with van der Waals surface area (Å²) in [5.74, 6) is 1.23. The summed E-state index contributed by atoms with van der Waals surface area (Å²) in [5.41, 5.74) is 4.30. The van der Waals surface area contributed by atoms with E-state index in [2.05, 4.69) is 15.3 Å². The molecule has 31 heavy (non-hydrogen) atoms. The Morgan fingerprint density at radius 1 is 1.10 bits per heavy atom. The molecule has 0 unspecified atom stereocenters. The summed E-state index contributed by atoms with van der Waals surface area (Å²) in [5, 5.41) is 3.73. The molecule has 0 spiro atoms. The number of aryl methyl sites for hydroxylation is 3. The number of fused-ring (bicyclic) bond motifs is 2. The Morgan fingerprint density at radius 2 is 1.90 bits per heavy atom. The number of hydrogen-bond donors (Lipinski definition) is 2. The topological polar surface area (TPSA) is 97.2 Å². The lowest BCUT2D eigenvalue weighted by atomic mass is 10.0. The van der Waals surface area contributed by atoms with Crippen LogP contribution in [0.2, 0.25) is 0 Å². The normalized spacial score (nSPS) is 11.2. The lowest BCUT2D eigenvalue weighted by Gasteiger charge is -2.12. The number of hydrogen-bond acceptors (Lipinski definition) is 5. The van der Waals surface area contributed by atoms with Gasteiger partial charge in [-0.05, 0) is 57.0 Å². The molecule has 0 aliphatic rings. The van der Waals surface area contributed by atoms with E-state index in [1.54, 1.807) is 13.0 Å². The second-order valence-corrected chi connectivity index (χ2v) is 7.65. The van der Waals surface area contributed by atoms with Crippen LogP contribution in [-0.2, 0) is 11.2 Å². The van der Waals surface area contributed by atoms with Crippen molar-refractivity contribution in [3.05, 3.63) is 69.3 Å². The molecule has 7 heteroatoms. The van der Waals surface area contributed by atoms with Gasteiger partial charge in [0.05, 0.1) is 11.0 Å². The highest BCUT2D eigenvalue weighted by molar-refractivity contribution is 5.85. The van der Waals surface area contributed by atoms with Crippen molar-refractivity contribution >= 4 is 27.9 Å². The van der Waals surface area contributed by atoms with Crippen molar-refractivity contribution in [1.82, 2.24) is 15.3 Å². The van der Waals surface area contributed by atoms with E-state index in [1.807, 2.05) is 44.2 Å². The molecule has 0 fully saturated rings. The Morgan fingerprint density at radius 3 is 2.71 bits per heavy atom. The van der Waals surface area contributed by atoms with Crippen LogP contribution < -0.4 is 15.7 Å². The predicted molar refractivity (Wildman–Crippen MR) is 120 cm³/mol. The highest BCUT2D eigenvalue weighted by Crippen LogP contribution is 2.29. The van der Waals surface area contributed by atoms with Crippen LogP contribution in [0.3, 0.4) is 0 Å². The molecule has 7 nitrogen and oxygen atoms in total. The van der Waals surface area contributed by atoms with E-state index in [4.69, 9.17) is 9.15 Å². The van der Waals surface area contributed by atoms with Crippen LogP contribution >= 0.6 is 0 Å². The smallest absolute Gasteiger partial charge is 0.339 e. The van der Waals surface area contributed by atoms with E-state index in [1.165, 1.54) is 0 Å². The van der Waals surface area contributed by atoms with E-state index < -0.39 is 0 Å². The van der Waals surface area contributed by atoms with Crippen molar-refractivity contribution in [3.8, 4) is 5.75 Å². The molecule has 0 aliphatic heterocycles. The van der Waals surface area contributed by atoms with E-state index in [9.17, 15) is 9.59 Å². The van der Waals surface area contributed by atoms with Crippen molar-refractivity contribution in [2.75, 3.05) is 13.2 Å². The van der Waals surface area contributed by atoms with E-state index in [0.717, 1.165) is 40.6 Å². The van der Waals surface area contributed by atoms with Gasteiger partial charge in [-0.3, -0.25) is 4.79 Å². The maximum Gasteiger partial charge on any atom is 0.339 e. The van der Waals surface area contributed by atoms with Gasteiger partial charge < -0.3 is 19.5 Å². The summed E-state index contributed by atoms with van der Waals surface area (Å²) in [7, 11) is 0. The molecule has 4 rings (SSSR count). The first-order valence-corrected chi connectivity index (χ1v) is 10.3. The van der Waals surface area contributed by atoms with Gasteiger partial charge >= 0.3 is 5.63 Å². The lowest BCUT2D eigenvalue weighted by molar-refractivity contribution is -0.123. The van der Waals surface area contributed by atoms with Gasteiger partial charge in [0.15, 0.2) is 6.61 Å². The van der Waals surface area contributed by atoms with Gasteiger partial charge in [-0.1, -0.05) is 12.1 Å². The number of benzene rings is 2. The summed E-state index contributed by atoms with van der Waals surface area (Å²) >= 11 is 0. The molecule has 0 saturated carbocycles. The molecule has 1 amide bonds. The van der Waals surface area contributed by atoms with Crippen LogP contribution in [0.5, 0.6) is 5.75 Å². The number of nitrogens with zero attached hydrogens (tertiary/aromatic N) is 1. The van der Waals surface area contributed by atoms with Crippen LogP contribution in [0, 0.1) is 20.8 Å². The van der Waals surface area contributed by atoms with Crippen molar-refractivity contribution < 1.29 is 13.9 Å². The van der Waals surface area contributed by atoms with Crippen molar-refractivity contribution in [3.63, 3.8) is 0 Å². The number of aromatic nitrogens is 2. The Balaban J connectivity index is 1.30. The minimum Gasteiger partial charge on any atom is -0.483 e. The largest absolute Gasteiger partial charge is 0.483 e. The van der Waals surface area contributed by atoms with Crippen LogP contribution in [0.1, 0.15) is 28.9 Å². The van der Waals surface area contributed by atoms with Crippen LogP contribution in [-0.4, -0.2) is 29.0 Å². The maximum absolute atomic E-state index is 12.2. The fourth-order valence-corrected chi connectivity index (χ4v) is 3.58. The van der Waals surface area contributed by atoms with Gasteiger partial charge in [0.1, 0.15) is 17.2 Å². The van der Waals surface area contributed by atoms with Crippen molar-refractivity contribution in [2.45, 2.75) is 33.6 Å². The Labute approximate surface area is 179 Å². The standard InChI is InChI=1S/C24H25N3O4/c1-14-15(2)24(29)31-23-16(3)20(11-10-17(14)23)30-13-22(28)25-12-6-9-21-26-18-7-4-5-8-19(18)27-21/h4-5,7-8,10-11H,6,9,12-13H2,1-3H3,(H,25,28)(H,26,27). The third kappa shape index (κ3) is 4.30. The van der Waals surface area contributed by atoms with Gasteiger partial charge in [-0.2, -0.15) is 0 Å². The minimum absolute atomic E-state index is 0.105. The molecule has 2 aromatic carbocycles. The van der Waals surface area contributed by atoms with Gasteiger partial charge in [0, 0.05) is 29.5 Å². The first-order valence-electron chi connectivity index (χ1n) is 10.3. The molecule has 0 saturated heterocycles. The first kappa shape index (κ1) is 20.7. The third-order valence-electron chi connectivity index (χ3n) is 5.53. The molecule has 0 radical (unpaired) electrons. The number of rotatable bonds is 7. The predicted octanol–water partition coefficient (Wildman–Crippen LogP) is 3.72. The number of carbonyl (C=O) groups is 1. The number of amides is 1. The molecule has 2 N–H and O–H groups in total. The Kier molecular flexibility index (Phi) is 5.75. The highest BCUT2D eigenvalue weighted by atomic mass is 16.5. The Hall–Kier alpha value is -3.61. The molecule has 0 aliphatic carbocycles. The van der Waals surface area contributed by atoms with E-state index >= 15 is 0 Å². The summed E-state index contributed by atoms with van der Waals surface area (Å²) in [6.45, 7) is 5.89. The molecule has 160 valence electrons. The van der Waals surface area contributed by atoms with Crippen molar-refractivity contribution in [1.29, 1.82) is 0 Å². The Bertz CT molecular complexity index is 1290. The SMILES string of the molecule is Cc1c(C)c2ccc(OCC(=O)NCCCc3nc4ccccc4[nH]3)c(C)c2oc1=O. The van der Waals surface area contributed by atoms with E-state index in [-0.39, 0.29) is 18.1 Å². The molecular weight excluding hydrogens is 394 g/mol. The first-order chi connectivity index (χ1) is 14.9. The highest BCUT2D eigenvalue weighted by Gasteiger charge is 2.13. The second kappa shape index (κ2) is 8.63. The van der Waals surface area contributed by atoms with Gasteiger partial charge in [-0.25, -0.2) is 9.78 Å². The maximum atomic E-state index is 12.2. The fraction of sp³-hybridized carbons (Fsp3) is 0.292. The monoisotopic (exact) mass is 419 g/mol. The zero-order valence-electron chi connectivity index (χ0n) is 17.9. The van der Waals surface area contributed by atoms with Gasteiger partial charge in [0.2, 0.25) is 0 Å². The molecule has 2 heterocycles. The molecular formula is C24H25N3O4. The van der Waals surface area contributed by atoms with Gasteiger partial charge in [0.25, 0.3) is 5.91 Å². The van der Waals surface area contributed by atoms with Gasteiger partial charge in [-0.15, -0.1) is 0 Å². The summed E-state index contributed by atoms with van der Waals surface area (Å²) in [6, 6.07) is 11.6. The molecule has 4 aromatic rings. The van der Waals surface area contributed by atoms with E-state index in [0.29, 0.717) is 29.0 Å². The average molecular weight is 419 g/mol. The number of nitrogens with one attached hydrogen (secondary N) is 2. The molecule has 0 atom stereocenters. The number of H-pyrrole nitrogens is 1. The quantitative estimate of drug-likeness (QED) is 0.351. The third-order valence-corrected chi connectivity index (χ3v) is 5.53. The molecule has 0 bridgehead atoms. The van der Waals surface area contributed by atoms with Crippen LogP contribution in [0.4, 0.5) is 0 Å². The summed E-state index contributed by atoms with van der Waals surface area (Å²) in [4.78, 5) is 32.0. The minimum atomic E-state index is -0.354. The number of ether oxygens (including phenoxy) is 1. The fourth-order valence-electron chi connectivity index (χ4n) is 3.58. The van der Waals surface area contributed by atoms with Crippen molar-refractivity contribution in [2.24, 2.45) is 0 Å². The summed E-state index contributed by atoms with van der Waals surface area (Å²) < 4.78 is 11.1.